The quantitative estimate of drug-likeness (QED) is 0.266. The maximum absolute atomic E-state index is 12.5. The van der Waals surface area contributed by atoms with Gasteiger partial charge in [-0.2, -0.15) is 13.2 Å². The number of hydrogen-bond donors (Lipinski definition) is 2. The van der Waals surface area contributed by atoms with Gasteiger partial charge in [-0.25, -0.2) is 4.98 Å². The van der Waals surface area contributed by atoms with Crippen LogP contribution >= 0.6 is 24.0 Å². The molecule has 0 saturated carbocycles. The van der Waals surface area contributed by atoms with E-state index in [0.717, 1.165) is 16.9 Å². The molecule has 0 aliphatic carbocycles. The van der Waals surface area contributed by atoms with Crippen molar-refractivity contribution in [3.63, 3.8) is 0 Å². The molecule has 0 fully saturated rings. The fourth-order valence-corrected chi connectivity index (χ4v) is 2.92. The van der Waals surface area contributed by atoms with Crippen molar-refractivity contribution in [2.24, 2.45) is 4.99 Å². The first kappa shape index (κ1) is 24.8. The minimum atomic E-state index is -4.38. The Morgan fingerprint density at radius 2 is 2.00 bits per heavy atom. The highest BCUT2D eigenvalue weighted by Gasteiger charge is 2.28. The lowest BCUT2D eigenvalue weighted by molar-refractivity contribution is -0.153. The van der Waals surface area contributed by atoms with Gasteiger partial charge in [0, 0.05) is 44.5 Å². The highest BCUT2D eigenvalue weighted by atomic mass is 127. The van der Waals surface area contributed by atoms with Gasteiger partial charge in [0.1, 0.15) is 11.4 Å². The van der Waals surface area contributed by atoms with Gasteiger partial charge in [-0.05, 0) is 30.7 Å². The van der Waals surface area contributed by atoms with Crippen molar-refractivity contribution in [3.05, 3.63) is 65.6 Å². The summed E-state index contributed by atoms with van der Waals surface area (Å²) in [6.45, 7) is 1.36. The summed E-state index contributed by atoms with van der Waals surface area (Å²) < 4.78 is 44.5. The molecule has 0 spiro atoms. The molecule has 2 aromatic heterocycles. The number of aromatic nitrogens is 2. The van der Waals surface area contributed by atoms with Crippen molar-refractivity contribution < 1.29 is 17.9 Å². The van der Waals surface area contributed by atoms with Crippen LogP contribution in [0.5, 0.6) is 5.75 Å². The normalized spacial score (nSPS) is 11.8. The van der Waals surface area contributed by atoms with Gasteiger partial charge in [0.15, 0.2) is 12.6 Å². The summed E-state index contributed by atoms with van der Waals surface area (Å²) in [4.78, 5) is 8.70. The summed E-state index contributed by atoms with van der Waals surface area (Å²) in [5, 5.41) is 6.30. The zero-order valence-corrected chi connectivity index (χ0v) is 19.6. The van der Waals surface area contributed by atoms with Crippen LogP contribution in [-0.2, 0) is 13.0 Å². The van der Waals surface area contributed by atoms with E-state index in [1.807, 2.05) is 41.1 Å². The maximum atomic E-state index is 12.5. The molecule has 2 heterocycles. The third kappa shape index (κ3) is 7.60. The van der Waals surface area contributed by atoms with E-state index in [-0.39, 0.29) is 36.3 Å². The smallest absolute Gasteiger partial charge is 0.422 e. The van der Waals surface area contributed by atoms with Crippen LogP contribution in [0.1, 0.15) is 16.8 Å². The first-order valence-corrected chi connectivity index (χ1v) is 9.50. The van der Waals surface area contributed by atoms with Gasteiger partial charge in [-0.15, -0.1) is 24.0 Å². The number of hydrogen-bond acceptors (Lipinski definition) is 3. The van der Waals surface area contributed by atoms with Crippen LogP contribution in [-0.4, -0.2) is 41.7 Å². The molecule has 10 heteroatoms. The van der Waals surface area contributed by atoms with Gasteiger partial charge in [0.05, 0.1) is 5.69 Å². The average Bonchev–Trinajstić information content (AvgIpc) is 3.12. The summed E-state index contributed by atoms with van der Waals surface area (Å²) in [6.07, 6.45) is 0.236. The Morgan fingerprint density at radius 3 is 2.71 bits per heavy atom. The lowest BCUT2D eigenvalue weighted by Gasteiger charge is -2.16. The second kappa shape index (κ2) is 11.2. The van der Waals surface area contributed by atoms with E-state index in [2.05, 4.69) is 20.6 Å². The zero-order chi connectivity index (χ0) is 21.6. The number of nitrogens with one attached hydrogen (secondary N) is 2. The van der Waals surface area contributed by atoms with Crippen LogP contribution in [0.25, 0.3) is 5.65 Å². The molecule has 0 amide bonds. The number of alkyl halides is 3. The van der Waals surface area contributed by atoms with E-state index in [0.29, 0.717) is 24.5 Å². The number of pyridine rings is 1. The number of aryl methyl sites for hydroxylation is 1. The van der Waals surface area contributed by atoms with Gasteiger partial charge in [0.2, 0.25) is 0 Å². The Hall–Kier alpha value is -2.50. The Bertz CT molecular complexity index is 987. The Labute approximate surface area is 195 Å². The topological polar surface area (TPSA) is 63.0 Å². The molecule has 3 rings (SSSR count). The molecule has 1 aromatic carbocycles. The van der Waals surface area contributed by atoms with Crippen LogP contribution in [0.2, 0.25) is 0 Å². The SMILES string of the molecule is CN=C(NCCc1cn2ccccc2n1)NCc1ccc(C)cc1OCC(F)(F)F.I. The number of aliphatic imine (C=N–C) groups is 1. The van der Waals surface area contributed by atoms with E-state index >= 15 is 0 Å². The Balaban J connectivity index is 0.00000341. The van der Waals surface area contributed by atoms with Crippen LogP contribution in [0.15, 0.2) is 53.8 Å². The highest BCUT2D eigenvalue weighted by Crippen LogP contribution is 2.23. The number of halogens is 4. The van der Waals surface area contributed by atoms with Gasteiger partial charge >= 0.3 is 6.18 Å². The molecule has 0 atom stereocenters. The van der Waals surface area contributed by atoms with Crippen molar-refractivity contribution >= 4 is 35.6 Å². The molecule has 0 bridgehead atoms. The summed E-state index contributed by atoms with van der Waals surface area (Å²) in [5.74, 6) is 0.751. The van der Waals surface area contributed by atoms with E-state index in [1.54, 1.807) is 26.1 Å². The predicted molar refractivity (Wildman–Crippen MR) is 125 cm³/mol. The summed E-state index contributed by atoms with van der Waals surface area (Å²) in [6, 6.07) is 11.0. The van der Waals surface area contributed by atoms with E-state index in [1.165, 1.54) is 0 Å². The first-order chi connectivity index (χ1) is 14.3. The molecule has 3 aromatic rings. The number of fused-ring (bicyclic) bond motifs is 1. The largest absolute Gasteiger partial charge is 0.484 e. The minimum Gasteiger partial charge on any atom is -0.484 e. The average molecular weight is 547 g/mol. The number of benzene rings is 1. The van der Waals surface area contributed by atoms with E-state index in [4.69, 9.17) is 4.74 Å². The second-order valence-corrected chi connectivity index (χ2v) is 6.82. The summed E-state index contributed by atoms with van der Waals surface area (Å²) in [7, 11) is 1.64. The molecule has 0 aliphatic rings. The molecule has 168 valence electrons. The van der Waals surface area contributed by atoms with Crippen LogP contribution < -0.4 is 15.4 Å². The minimum absolute atomic E-state index is 0. The van der Waals surface area contributed by atoms with Crippen LogP contribution in [0.4, 0.5) is 13.2 Å². The number of imidazole rings is 1. The number of nitrogens with zero attached hydrogens (tertiary/aromatic N) is 3. The van der Waals surface area contributed by atoms with Gasteiger partial charge in [-0.1, -0.05) is 18.2 Å². The molecule has 0 aliphatic heterocycles. The molecule has 0 radical (unpaired) electrons. The van der Waals surface area contributed by atoms with Crippen LogP contribution in [0.3, 0.4) is 0 Å². The molecule has 0 saturated heterocycles. The molecular formula is C21H25F3IN5O. The molecule has 31 heavy (non-hydrogen) atoms. The molecule has 0 unspecified atom stereocenters. The standard InChI is InChI=1S/C21H24F3N5O.HI/c1-15-6-7-16(18(11-15)30-14-21(22,23)24)12-27-20(25-2)26-9-8-17-13-29-10-4-3-5-19(29)28-17;/h3-7,10-11,13H,8-9,12,14H2,1-2H3,(H2,25,26,27);1H. The molecule has 6 nitrogen and oxygen atoms in total. The maximum Gasteiger partial charge on any atom is 0.422 e. The number of rotatable bonds is 7. The number of ether oxygens (including phenoxy) is 1. The zero-order valence-electron chi connectivity index (χ0n) is 17.2. The van der Waals surface area contributed by atoms with Gasteiger partial charge in [0.25, 0.3) is 0 Å². The lowest BCUT2D eigenvalue weighted by Crippen LogP contribution is -2.38. The summed E-state index contributed by atoms with van der Waals surface area (Å²) in [5.41, 5.74) is 3.28. The van der Waals surface area contributed by atoms with Crippen molar-refractivity contribution in [1.29, 1.82) is 0 Å². The molecule has 2 N–H and O–H groups in total. The van der Waals surface area contributed by atoms with Gasteiger partial charge < -0.3 is 19.8 Å². The Morgan fingerprint density at radius 1 is 1.19 bits per heavy atom. The third-order valence-electron chi connectivity index (χ3n) is 4.37. The van der Waals surface area contributed by atoms with Gasteiger partial charge in [-0.3, -0.25) is 4.99 Å². The fourth-order valence-electron chi connectivity index (χ4n) is 2.92. The lowest BCUT2D eigenvalue weighted by atomic mass is 10.1. The van der Waals surface area contributed by atoms with E-state index < -0.39 is 12.8 Å². The number of guanidine groups is 1. The highest BCUT2D eigenvalue weighted by molar-refractivity contribution is 14.0. The monoisotopic (exact) mass is 547 g/mol. The Kier molecular flexibility index (Phi) is 8.96. The van der Waals surface area contributed by atoms with Crippen LogP contribution in [0, 0.1) is 6.92 Å². The predicted octanol–water partition coefficient (Wildman–Crippen LogP) is 4.11. The second-order valence-electron chi connectivity index (χ2n) is 6.82. The van der Waals surface area contributed by atoms with Crippen molar-refractivity contribution in [2.45, 2.75) is 26.1 Å². The molecular weight excluding hydrogens is 522 g/mol. The van der Waals surface area contributed by atoms with Crippen molar-refractivity contribution in [1.82, 2.24) is 20.0 Å². The van der Waals surface area contributed by atoms with E-state index in [9.17, 15) is 13.2 Å². The van der Waals surface area contributed by atoms with Crippen molar-refractivity contribution in [3.8, 4) is 5.75 Å². The first-order valence-electron chi connectivity index (χ1n) is 9.50. The third-order valence-corrected chi connectivity index (χ3v) is 4.37. The van der Waals surface area contributed by atoms with Crippen molar-refractivity contribution in [2.75, 3.05) is 20.2 Å². The summed E-state index contributed by atoms with van der Waals surface area (Å²) >= 11 is 0. The fraction of sp³-hybridized carbons (Fsp3) is 0.333.